The molecule has 3 heteroatoms. The predicted octanol–water partition coefficient (Wildman–Crippen LogP) is 4.50. The lowest BCUT2D eigenvalue weighted by Crippen LogP contribution is -2.47. The quantitative estimate of drug-likeness (QED) is 0.750. The topological polar surface area (TPSA) is 35.8 Å². The first-order valence-electron chi connectivity index (χ1n) is 8.58. The van der Waals surface area contributed by atoms with Crippen molar-refractivity contribution in [2.75, 3.05) is 12.3 Å². The molecule has 0 aromatic carbocycles. The second-order valence-corrected chi connectivity index (χ2v) is 7.93. The van der Waals surface area contributed by atoms with Gasteiger partial charge in [-0.3, -0.25) is 5.32 Å². The minimum absolute atomic E-state index is 0.205. The van der Waals surface area contributed by atoms with Gasteiger partial charge in [-0.1, -0.05) is 32.6 Å². The van der Waals surface area contributed by atoms with Crippen LogP contribution in [0.5, 0.6) is 0 Å². The number of rotatable bonds is 7. The minimum Gasteiger partial charge on any atom is -0.299 e. The average molecular weight is 295 g/mol. The normalized spacial score (nSPS) is 31.3. The van der Waals surface area contributed by atoms with E-state index in [4.69, 9.17) is 0 Å². The molecule has 2 unspecified atom stereocenters. The van der Waals surface area contributed by atoms with E-state index < -0.39 is 0 Å². The van der Waals surface area contributed by atoms with Crippen LogP contribution in [0, 0.1) is 17.2 Å². The first-order valence-corrected chi connectivity index (χ1v) is 9.63. The molecule has 2 aliphatic rings. The van der Waals surface area contributed by atoms with Crippen LogP contribution >= 0.6 is 11.8 Å². The molecule has 2 saturated carbocycles. The highest BCUT2D eigenvalue weighted by molar-refractivity contribution is 7.99. The Bertz CT molecular complexity index is 319. The highest BCUT2D eigenvalue weighted by atomic mass is 32.2. The van der Waals surface area contributed by atoms with Crippen LogP contribution in [-0.4, -0.2) is 23.1 Å². The molecule has 0 spiro atoms. The largest absolute Gasteiger partial charge is 0.299 e. The van der Waals surface area contributed by atoms with E-state index in [0.29, 0.717) is 5.92 Å². The van der Waals surface area contributed by atoms with Crippen molar-refractivity contribution in [3.05, 3.63) is 0 Å². The minimum atomic E-state index is -0.205. The molecule has 114 valence electrons. The Balaban J connectivity index is 1.76. The summed E-state index contributed by atoms with van der Waals surface area (Å²) >= 11 is 2.18. The van der Waals surface area contributed by atoms with Crippen molar-refractivity contribution in [2.45, 2.75) is 81.9 Å². The van der Waals surface area contributed by atoms with Crippen molar-refractivity contribution >= 4 is 11.8 Å². The first kappa shape index (κ1) is 16.2. The molecule has 0 amide bonds. The van der Waals surface area contributed by atoms with E-state index >= 15 is 0 Å². The lowest BCUT2D eigenvalue weighted by molar-refractivity contribution is 0.311. The molecule has 2 nitrogen and oxygen atoms in total. The summed E-state index contributed by atoms with van der Waals surface area (Å²) in [5.74, 6) is 1.84. The van der Waals surface area contributed by atoms with Gasteiger partial charge in [0.2, 0.25) is 0 Å². The van der Waals surface area contributed by atoms with Crippen LogP contribution in [0.3, 0.4) is 0 Å². The molecule has 2 atom stereocenters. The predicted molar refractivity (Wildman–Crippen MR) is 87.9 cm³/mol. The molecule has 1 N–H and O–H groups in total. The maximum absolute atomic E-state index is 9.64. The second-order valence-electron chi connectivity index (χ2n) is 6.52. The van der Waals surface area contributed by atoms with Crippen LogP contribution < -0.4 is 5.32 Å². The van der Waals surface area contributed by atoms with Gasteiger partial charge < -0.3 is 0 Å². The molecule has 0 aliphatic heterocycles. The number of hydrogen-bond donors (Lipinski definition) is 1. The number of nitrogens with one attached hydrogen (secondary N) is 1. The fourth-order valence-electron chi connectivity index (χ4n) is 3.84. The Morgan fingerprint density at radius 3 is 2.70 bits per heavy atom. The Kier molecular flexibility index (Phi) is 6.71. The van der Waals surface area contributed by atoms with E-state index in [1.54, 1.807) is 0 Å². The van der Waals surface area contributed by atoms with Crippen LogP contribution in [0.1, 0.15) is 71.1 Å². The lowest BCUT2D eigenvalue weighted by Gasteiger charge is -2.30. The average Bonchev–Trinajstić information content (AvgIpc) is 2.90. The summed E-state index contributed by atoms with van der Waals surface area (Å²) in [6.07, 6.45) is 13.0. The maximum Gasteiger partial charge on any atom is 0.109 e. The molecular weight excluding hydrogens is 264 g/mol. The summed E-state index contributed by atoms with van der Waals surface area (Å²) in [5.41, 5.74) is -0.205. The molecule has 2 fully saturated rings. The Morgan fingerprint density at radius 2 is 2.00 bits per heavy atom. The molecule has 0 heterocycles. The van der Waals surface area contributed by atoms with Gasteiger partial charge in [0.05, 0.1) is 6.07 Å². The van der Waals surface area contributed by atoms with Crippen molar-refractivity contribution in [2.24, 2.45) is 5.92 Å². The van der Waals surface area contributed by atoms with Gasteiger partial charge in [-0.15, -0.1) is 0 Å². The van der Waals surface area contributed by atoms with Crippen LogP contribution in [0.15, 0.2) is 0 Å². The van der Waals surface area contributed by atoms with E-state index in [9.17, 15) is 5.26 Å². The van der Waals surface area contributed by atoms with Crippen molar-refractivity contribution < 1.29 is 0 Å². The molecule has 2 aliphatic carbocycles. The summed E-state index contributed by atoms with van der Waals surface area (Å²) in [6.45, 7) is 3.17. The third kappa shape index (κ3) is 4.15. The third-order valence-electron chi connectivity index (χ3n) is 5.08. The van der Waals surface area contributed by atoms with Crippen LogP contribution in [0.25, 0.3) is 0 Å². The van der Waals surface area contributed by atoms with Crippen LogP contribution in [0.2, 0.25) is 0 Å². The highest BCUT2D eigenvalue weighted by Crippen LogP contribution is 2.39. The maximum atomic E-state index is 9.64. The van der Waals surface area contributed by atoms with Gasteiger partial charge in [0.25, 0.3) is 0 Å². The van der Waals surface area contributed by atoms with Crippen molar-refractivity contribution in [3.8, 4) is 6.07 Å². The second kappa shape index (κ2) is 8.29. The lowest BCUT2D eigenvalue weighted by atomic mass is 9.86. The molecular formula is C17H30N2S. The van der Waals surface area contributed by atoms with Gasteiger partial charge in [-0.05, 0) is 56.7 Å². The Hall–Kier alpha value is -0.200. The Morgan fingerprint density at radius 1 is 1.20 bits per heavy atom. The van der Waals surface area contributed by atoms with E-state index in [0.717, 1.165) is 24.6 Å². The standard InChI is InChI=1S/C17H30N2S/c1-2-12-19-17(14-18)11-6-7-15(17)10-13-20-16-8-4-3-5-9-16/h15-16,19H,2-13H2,1H3. The van der Waals surface area contributed by atoms with Gasteiger partial charge in [0.1, 0.15) is 5.54 Å². The van der Waals surface area contributed by atoms with E-state index in [1.807, 2.05) is 0 Å². The monoisotopic (exact) mass is 294 g/mol. The number of hydrogen-bond acceptors (Lipinski definition) is 3. The fourth-order valence-corrected chi connectivity index (χ4v) is 5.27. The zero-order valence-corrected chi connectivity index (χ0v) is 13.8. The third-order valence-corrected chi connectivity index (χ3v) is 6.50. The highest BCUT2D eigenvalue weighted by Gasteiger charge is 2.42. The SMILES string of the molecule is CCCNC1(C#N)CCCC1CCSC1CCCCC1. The van der Waals surface area contributed by atoms with Crippen molar-refractivity contribution in [1.82, 2.24) is 5.32 Å². The van der Waals surface area contributed by atoms with Crippen LogP contribution in [0.4, 0.5) is 0 Å². The van der Waals surface area contributed by atoms with Gasteiger partial charge in [-0.25, -0.2) is 0 Å². The zero-order chi connectivity index (χ0) is 14.3. The molecule has 0 bridgehead atoms. The first-order chi connectivity index (χ1) is 9.80. The summed E-state index contributed by atoms with van der Waals surface area (Å²) < 4.78 is 0. The number of thioether (sulfide) groups is 1. The summed E-state index contributed by atoms with van der Waals surface area (Å²) in [7, 11) is 0. The van der Waals surface area contributed by atoms with E-state index in [2.05, 4.69) is 30.1 Å². The van der Waals surface area contributed by atoms with Gasteiger partial charge in [0.15, 0.2) is 0 Å². The molecule has 2 rings (SSSR count). The molecule has 0 saturated heterocycles. The fraction of sp³-hybridized carbons (Fsp3) is 0.941. The summed E-state index contributed by atoms with van der Waals surface area (Å²) in [6, 6.07) is 2.63. The van der Waals surface area contributed by atoms with E-state index in [-0.39, 0.29) is 5.54 Å². The van der Waals surface area contributed by atoms with E-state index in [1.165, 1.54) is 57.1 Å². The van der Waals surface area contributed by atoms with Crippen molar-refractivity contribution in [3.63, 3.8) is 0 Å². The van der Waals surface area contributed by atoms with Crippen LogP contribution in [-0.2, 0) is 0 Å². The summed E-state index contributed by atoms with van der Waals surface area (Å²) in [5, 5.41) is 14.1. The number of nitrogens with zero attached hydrogens (tertiary/aromatic N) is 1. The van der Waals surface area contributed by atoms with Gasteiger partial charge >= 0.3 is 0 Å². The molecule has 0 aromatic heterocycles. The molecule has 20 heavy (non-hydrogen) atoms. The zero-order valence-electron chi connectivity index (χ0n) is 13.0. The Labute approximate surface area is 129 Å². The molecule has 0 aromatic rings. The summed E-state index contributed by atoms with van der Waals surface area (Å²) in [4.78, 5) is 0. The van der Waals surface area contributed by atoms with Crippen molar-refractivity contribution in [1.29, 1.82) is 5.26 Å². The van der Waals surface area contributed by atoms with Gasteiger partial charge in [-0.2, -0.15) is 17.0 Å². The molecule has 0 radical (unpaired) electrons. The van der Waals surface area contributed by atoms with Gasteiger partial charge in [0, 0.05) is 5.25 Å². The smallest absolute Gasteiger partial charge is 0.109 e. The number of nitriles is 1.